The van der Waals surface area contributed by atoms with Gasteiger partial charge in [0.2, 0.25) is 0 Å². The molecule has 3 aromatic rings. The number of aromatic amines is 1. The Bertz CT molecular complexity index is 1140. The quantitative estimate of drug-likeness (QED) is 0.621. The minimum atomic E-state index is -0.526. The van der Waals surface area contributed by atoms with E-state index in [2.05, 4.69) is 23.7 Å². The summed E-state index contributed by atoms with van der Waals surface area (Å²) >= 11 is 0. The zero-order valence-corrected chi connectivity index (χ0v) is 16.9. The summed E-state index contributed by atoms with van der Waals surface area (Å²) in [6, 6.07) is 12.4. The number of H-pyrrole nitrogens is 1. The van der Waals surface area contributed by atoms with Crippen LogP contribution in [0.1, 0.15) is 35.3 Å². The second-order valence-electron chi connectivity index (χ2n) is 6.80. The Morgan fingerprint density at radius 1 is 1.07 bits per heavy atom. The molecular weight excluding hydrogens is 370 g/mol. The summed E-state index contributed by atoms with van der Waals surface area (Å²) in [5.41, 5.74) is 1.70. The molecule has 0 amide bonds. The summed E-state index contributed by atoms with van der Waals surface area (Å²) in [5, 5.41) is 0.346. The zero-order chi connectivity index (χ0) is 21.0. The Morgan fingerprint density at radius 3 is 2.41 bits per heavy atom. The lowest BCUT2D eigenvalue weighted by Crippen LogP contribution is -2.36. The molecule has 0 saturated heterocycles. The molecule has 0 atom stereocenters. The van der Waals surface area contributed by atoms with E-state index >= 15 is 0 Å². The Balaban J connectivity index is 2.03. The van der Waals surface area contributed by atoms with Gasteiger partial charge in [0.25, 0.3) is 5.56 Å². The molecule has 0 fully saturated rings. The van der Waals surface area contributed by atoms with E-state index in [0.717, 1.165) is 30.8 Å². The normalized spacial score (nSPS) is 11.2. The highest BCUT2D eigenvalue weighted by Gasteiger charge is 2.13. The summed E-state index contributed by atoms with van der Waals surface area (Å²) < 4.78 is 5.89. The third-order valence-electron chi connectivity index (χ3n) is 5.14. The SMILES string of the molecule is CCN(CC)Cc1ccccc1Cn1c(=O)[nH]c2cc(C(=O)OC)ccc2c1=O. The van der Waals surface area contributed by atoms with E-state index in [4.69, 9.17) is 4.74 Å². The maximum absolute atomic E-state index is 13.0. The molecule has 0 aliphatic heterocycles. The van der Waals surface area contributed by atoms with Gasteiger partial charge in [-0.25, -0.2) is 9.59 Å². The third-order valence-corrected chi connectivity index (χ3v) is 5.14. The lowest BCUT2D eigenvalue weighted by molar-refractivity contribution is 0.0601. The van der Waals surface area contributed by atoms with E-state index < -0.39 is 17.2 Å². The van der Waals surface area contributed by atoms with Gasteiger partial charge in [-0.15, -0.1) is 0 Å². The third kappa shape index (κ3) is 4.30. The van der Waals surface area contributed by atoms with Crippen molar-refractivity contribution in [3.05, 3.63) is 80.0 Å². The molecule has 0 aliphatic carbocycles. The minimum absolute atomic E-state index is 0.181. The van der Waals surface area contributed by atoms with Crippen LogP contribution >= 0.6 is 0 Å². The molecule has 7 heteroatoms. The van der Waals surface area contributed by atoms with Crippen LogP contribution < -0.4 is 11.2 Å². The number of carbonyl (C=O) groups is 1. The summed E-state index contributed by atoms with van der Waals surface area (Å²) in [6.45, 7) is 6.99. The smallest absolute Gasteiger partial charge is 0.337 e. The van der Waals surface area contributed by atoms with Crippen molar-refractivity contribution in [3.63, 3.8) is 0 Å². The van der Waals surface area contributed by atoms with Gasteiger partial charge in [-0.1, -0.05) is 38.1 Å². The van der Waals surface area contributed by atoms with Crippen LogP contribution in [0.3, 0.4) is 0 Å². The van der Waals surface area contributed by atoms with Crippen molar-refractivity contribution in [3.8, 4) is 0 Å². The predicted octanol–water partition coefficient (Wildman–Crippen LogP) is 2.37. The number of nitrogens with zero attached hydrogens (tertiary/aromatic N) is 2. The summed E-state index contributed by atoms with van der Waals surface area (Å²) in [6.07, 6.45) is 0. The molecular formula is C22H25N3O4. The van der Waals surface area contributed by atoms with E-state index in [1.54, 1.807) is 0 Å². The van der Waals surface area contributed by atoms with Gasteiger partial charge in [-0.05, 0) is 42.4 Å². The van der Waals surface area contributed by atoms with Crippen LogP contribution in [-0.2, 0) is 17.8 Å². The van der Waals surface area contributed by atoms with Gasteiger partial charge < -0.3 is 9.72 Å². The molecule has 29 heavy (non-hydrogen) atoms. The molecule has 0 unspecified atom stereocenters. The highest BCUT2D eigenvalue weighted by Crippen LogP contribution is 2.14. The van der Waals surface area contributed by atoms with Crippen molar-refractivity contribution in [1.82, 2.24) is 14.5 Å². The van der Waals surface area contributed by atoms with Crippen LogP contribution in [0.5, 0.6) is 0 Å². The average molecular weight is 395 g/mol. The Labute approximate surface area is 168 Å². The lowest BCUT2D eigenvalue weighted by atomic mass is 10.1. The van der Waals surface area contributed by atoms with Gasteiger partial charge in [-0.3, -0.25) is 14.3 Å². The van der Waals surface area contributed by atoms with Crippen LogP contribution in [0.15, 0.2) is 52.1 Å². The van der Waals surface area contributed by atoms with E-state index in [1.165, 1.54) is 29.9 Å². The highest BCUT2D eigenvalue weighted by atomic mass is 16.5. The molecule has 0 spiro atoms. The summed E-state index contributed by atoms with van der Waals surface area (Å²) in [7, 11) is 1.28. The largest absolute Gasteiger partial charge is 0.465 e. The first-order valence-corrected chi connectivity index (χ1v) is 9.62. The maximum Gasteiger partial charge on any atom is 0.337 e. The second kappa shape index (κ2) is 8.87. The second-order valence-corrected chi connectivity index (χ2v) is 6.80. The van der Waals surface area contributed by atoms with Crippen molar-refractivity contribution in [2.75, 3.05) is 20.2 Å². The molecule has 1 heterocycles. The molecule has 2 aromatic carbocycles. The van der Waals surface area contributed by atoms with Gasteiger partial charge in [-0.2, -0.15) is 0 Å². The molecule has 0 bridgehead atoms. The fourth-order valence-corrected chi connectivity index (χ4v) is 3.37. The monoisotopic (exact) mass is 395 g/mol. The number of carbonyl (C=O) groups excluding carboxylic acids is 1. The highest BCUT2D eigenvalue weighted by molar-refractivity contribution is 5.93. The molecule has 0 aliphatic rings. The number of hydrogen-bond donors (Lipinski definition) is 1. The number of methoxy groups -OCH3 is 1. The van der Waals surface area contributed by atoms with Gasteiger partial charge in [0.05, 0.1) is 30.1 Å². The van der Waals surface area contributed by atoms with Crippen molar-refractivity contribution >= 4 is 16.9 Å². The number of benzene rings is 2. The number of ether oxygens (including phenoxy) is 1. The van der Waals surface area contributed by atoms with Crippen LogP contribution in [0.2, 0.25) is 0 Å². The number of esters is 1. The Kier molecular flexibility index (Phi) is 6.29. The van der Waals surface area contributed by atoms with Crippen LogP contribution in [0.25, 0.3) is 10.9 Å². The van der Waals surface area contributed by atoms with Gasteiger partial charge in [0.1, 0.15) is 0 Å². The topological polar surface area (TPSA) is 84.4 Å². The average Bonchev–Trinajstić information content (AvgIpc) is 2.74. The fraction of sp³-hybridized carbons (Fsp3) is 0.318. The van der Waals surface area contributed by atoms with E-state index in [1.807, 2.05) is 24.3 Å². The van der Waals surface area contributed by atoms with Gasteiger partial charge >= 0.3 is 11.7 Å². The van der Waals surface area contributed by atoms with Gasteiger partial charge in [0.15, 0.2) is 0 Å². The molecule has 0 saturated carbocycles. The first-order chi connectivity index (χ1) is 14.0. The van der Waals surface area contributed by atoms with Crippen molar-refractivity contribution in [2.45, 2.75) is 26.9 Å². The van der Waals surface area contributed by atoms with E-state index in [0.29, 0.717) is 10.9 Å². The lowest BCUT2D eigenvalue weighted by Gasteiger charge is -2.20. The van der Waals surface area contributed by atoms with E-state index in [-0.39, 0.29) is 12.1 Å². The molecule has 3 rings (SSSR count). The predicted molar refractivity (Wildman–Crippen MR) is 112 cm³/mol. The maximum atomic E-state index is 13.0. The van der Waals surface area contributed by atoms with Crippen LogP contribution in [0.4, 0.5) is 0 Å². The summed E-state index contributed by atoms with van der Waals surface area (Å²) in [5.74, 6) is -0.526. The Hall–Kier alpha value is -3.19. The first kappa shape index (κ1) is 20.5. The molecule has 0 radical (unpaired) electrons. The van der Waals surface area contributed by atoms with Crippen molar-refractivity contribution in [1.29, 1.82) is 0 Å². The standard InChI is InChI=1S/C22H25N3O4/c1-4-24(5-2)13-16-8-6-7-9-17(16)14-25-20(26)18-11-10-15(21(27)29-3)12-19(18)23-22(25)28/h6-12H,4-5,13-14H2,1-3H3,(H,23,28). The number of hydrogen-bond acceptors (Lipinski definition) is 5. The number of nitrogens with one attached hydrogen (secondary N) is 1. The molecule has 1 aromatic heterocycles. The Morgan fingerprint density at radius 2 is 1.76 bits per heavy atom. The van der Waals surface area contributed by atoms with Crippen molar-refractivity contribution in [2.24, 2.45) is 0 Å². The summed E-state index contributed by atoms with van der Waals surface area (Å²) in [4.78, 5) is 42.3. The molecule has 7 nitrogen and oxygen atoms in total. The first-order valence-electron chi connectivity index (χ1n) is 9.62. The van der Waals surface area contributed by atoms with Crippen LogP contribution in [0, 0.1) is 0 Å². The van der Waals surface area contributed by atoms with E-state index in [9.17, 15) is 14.4 Å². The van der Waals surface area contributed by atoms with Gasteiger partial charge in [0, 0.05) is 6.54 Å². The number of fused-ring (bicyclic) bond motifs is 1. The minimum Gasteiger partial charge on any atom is -0.465 e. The zero-order valence-electron chi connectivity index (χ0n) is 16.9. The van der Waals surface area contributed by atoms with Crippen molar-refractivity contribution < 1.29 is 9.53 Å². The molecule has 152 valence electrons. The fourth-order valence-electron chi connectivity index (χ4n) is 3.37. The van der Waals surface area contributed by atoms with Crippen LogP contribution in [-0.4, -0.2) is 40.6 Å². The number of rotatable bonds is 7. The number of aromatic nitrogens is 2. The molecule has 1 N–H and O–H groups in total.